The molecule has 0 aliphatic carbocycles. The summed E-state index contributed by atoms with van der Waals surface area (Å²) < 4.78 is 12.7. The maximum absolute atomic E-state index is 13.4. The van der Waals surface area contributed by atoms with Crippen LogP contribution in [0.1, 0.15) is 38.8 Å². The molecule has 0 fully saturated rings. The van der Waals surface area contributed by atoms with Gasteiger partial charge in [0.05, 0.1) is 17.8 Å². The Morgan fingerprint density at radius 2 is 1.97 bits per heavy atom. The molecule has 1 N–H and O–H groups in total. The minimum Gasteiger partial charge on any atom is -0.494 e. The zero-order valence-corrected chi connectivity index (χ0v) is 18.6. The largest absolute Gasteiger partial charge is 0.494 e. The van der Waals surface area contributed by atoms with E-state index in [1.807, 2.05) is 13.0 Å². The zero-order chi connectivity index (χ0) is 23.5. The minimum absolute atomic E-state index is 0.0114. The lowest BCUT2D eigenvalue weighted by atomic mass is 10.1. The van der Waals surface area contributed by atoms with Crippen LogP contribution >= 0.6 is 0 Å². The standard InChI is InChI=1S/C24H26N4O4/c1-6-8-18-21(29)19(15-25)20-13-14-26-28(20)22(18)27(23(30)32-24(3,4)5)16-9-11-17(12-10-16)31-7-2/h6,9-14,26H,1,7-8H2,2-5H3. The Bertz CT molecular complexity index is 1240. The second-order valence-electron chi connectivity index (χ2n) is 8.04. The maximum atomic E-state index is 13.4. The van der Waals surface area contributed by atoms with E-state index < -0.39 is 17.1 Å². The van der Waals surface area contributed by atoms with E-state index in [1.165, 1.54) is 4.90 Å². The number of hydrogen-bond acceptors (Lipinski definition) is 5. The molecule has 3 aromatic rings. The molecule has 1 amide bonds. The zero-order valence-electron chi connectivity index (χ0n) is 18.6. The predicted octanol–water partition coefficient (Wildman–Crippen LogP) is 4.70. The van der Waals surface area contributed by atoms with Gasteiger partial charge in [-0.25, -0.2) is 14.2 Å². The van der Waals surface area contributed by atoms with Crippen LogP contribution in [-0.2, 0) is 11.2 Å². The fraction of sp³-hybridized carbons (Fsp3) is 0.292. The van der Waals surface area contributed by atoms with Crippen molar-refractivity contribution in [3.05, 3.63) is 70.5 Å². The van der Waals surface area contributed by atoms with Crippen LogP contribution in [0, 0.1) is 11.3 Å². The molecule has 0 atom stereocenters. The van der Waals surface area contributed by atoms with Gasteiger partial charge in [0.15, 0.2) is 0 Å². The quantitative estimate of drug-likeness (QED) is 0.567. The van der Waals surface area contributed by atoms with E-state index in [1.54, 1.807) is 67.9 Å². The molecule has 0 saturated carbocycles. The highest BCUT2D eigenvalue weighted by Crippen LogP contribution is 2.32. The summed E-state index contributed by atoms with van der Waals surface area (Å²) in [6.07, 6.45) is 2.64. The number of anilines is 2. The molecular formula is C24H26N4O4. The van der Waals surface area contributed by atoms with Crippen molar-refractivity contribution in [2.75, 3.05) is 11.5 Å². The summed E-state index contributed by atoms with van der Waals surface area (Å²) in [5.74, 6) is 0.904. The van der Waals surface area contributed by atoms with E-state index in [-0.39, 0.29) is 23.4 Å². The van der Waals surface area contributed by atoms with Crippen LogP contribution in [-0.4, -0.2) is 27.9 Å². The molecular weight excluding hydrogens is 408 g/mol. The molecule has 0 unspecified atom stereocenters. The van der Waals surface area contributed by atoms with Gasteiger partial charge >= 0.3 is 6.09 Å². The van der Waals surface area contributed by atoms with Gasteiger partial charge in [0.1, 0.15) is 28.8 Å². The first-order valence-corrected chi connectivity index (χ1v) is 10.2. The van der Waals surface area contributed by atoms with Crippen LogP contribution in [0.4, 0.5) is 16.3 Å². The number of hydrogen-bond donors (Lipinski definition) is 1. The molecule has 2 aromatic heterocycles. The minimum atomic E-state index is -0.772. The fourth-order valence-corrected chi connectivity index (χ4v) is 3.36. The Kier molecular flexibility index (Phi) is 6.40. The lowest BCUT2D eigenvalue weighted by molar-refractivity contribution is 0.0597. The molecule has 0 bridgehead atoms. The number of nitrogens with one attached hydrogen (secondary N) is 1. The number of amides is 1. The first-order valence-electron chi connectivity index (χ1n) is 10.2. The molecule has 0 saturated heterocycles. The Morgan fingerprint density at radius 1 is 1.28 bits per heavy atom. The van der Waals surface area contributed by atoms with E-state index in [4.69, 9.17) is 9.47 Å². The molecule has 0 aliphatic rings. The first-order chi connectivity index (χ1) is 15.2. The van der Waals surface area contributed by atoms with Gasteiger partial charge in [0, 0.05) is 11.8 Å². The number of carbonyl (C=O) groups excluding carboxylic acids is 1. The van der Waals surface area contributed by atoms with E-state index >= 15 is 0 Å². The van der Waals surface area contributed by atoms with Crippen molar-refractivity contribution in [2.24, 2.45) is 0 Å². The van der Waals surface area contributed by atoms with Gasteiger partial charge in [0.2, 0.25) is 5.43 Å². The number of benzene rings is 1. The summed E-state index contributed by atoms with van der Waals surface area (Å²) in [6.45, 7) is 11.4. The number of pyridine rings is 1. The molecule has 8 heteroatoms. The van der Waals surface area contributed by atoms with Crippen molar-refractivity contribution in [1.82, 2.24) is 9.61 Å². The molecule has 0 spiro atoms. The molecule has 2 heterocycles. The number of ether oxygens (including phenoxy) is 2. The summed E-state index contributed by atoms with van der Waals surface area (Å²) in [4.78, 5) is 27.9. The van der Waals surface area contributed by atoms with Crippen LogP contribution in [0.15, 0.2) is 54.0 Å². The molecule has 3 rings (SSSR count). The van der Waals surface area contributed by atoms with Gasteiger partial charge in [-0.15, -0.1) is 6.58 Å². The van der Waals surface area contributed by atoms with Crippen LogP contribution in [0.25, 0.3) is 5.52 Å². The van der Waals surface area contributed by atoms with Crippen LogP contribution < -0.4 is 15.1 Å². The van der Waals surface area contributed by atoms with Gasteiger partial charge in [-0.3, -0.25) is 9.89 Å². The summed E-state index contributed by atoms with van der Waals surface area (Å²) in [5.41, 5.74) is -0.160. The molecule has 8 nitrogen and oxygen atoms in total. The lowest BCUT2D eigenvalue weighted by Crippen LogP contribution is -2.36. The normalized spacial score (nSPS) is 11.1. The number of aromatic amines is 1. The SMILES string of the molecule is C=CCc1c(N(C(=O)OC(C)(C)C)c2ccc(OCC)cc2)n2[nH]ccc2c(C#N)c1=O. The second-order valence-corrected chi connectivity index (χ2v) is 8.04. The van der Waals surface area contributed by atoms with E-state index in [0.29, 0.717) is 23.6 Å². The third-order valence-electron chi connectivity index (χ3n) is 4.58. The fourth-order valence-electron chi connectivity index (χ4n) is 3.36. The molecule has 0 radical (unpaired) electrons. The Labute approximate surface area is 186 Å². The number of H-pyrrole nitrogens is 1. The maximum Gasteiger partial charge on any atom is 0.420 e. The molecule has 0 aliphatic heterocycles. The van der Waals surface area contributed by atoms with Gasteiger partial charge in [-0.2, -0.15) is 5.26 Å². The third-order valence-corrected chi connectivity index (χ3v) is 4.58. The smallest absolute Gasteiger partial charge is 0.420 e. The Morgan fingerprint density at radius 3 is 2.53 bits per heavy atom. The van der Waals surface area contributed by atoms with Crippen molar-refractivity contribution in [1.29, 1.82) is 5.26 Å². The molecule has 32 heavy (non-hydrogen) atoms. The lowest BCUT2D eigenvalue weighted by Gasteiger charge is -2.29. The summed E-state index contributed by atoms with van der Waals surface area (Å²) >= 11 is 0. The molecule has 1 aromatic carbocycles. The monoisotopic (exact) mass is 434 g/mol. The van der Waals surface area contributed by atoms with E-state index in [0.717, 1.165) is 0 Å². The van der Waals surface area contributed by atoms with Crippen molar-refractivity contribution in [3.63, 3.8) is 0 Å². The highest BCUT2D eigenvalue weighted by molar-refractivity contribution is 5.97. The predicted molar refractivity (Wildman–Crippen MR) is 123 cm³/mol. The van der Waals surface area contributed by atoms with Crippen molar-refractivity contribution < 1.29 is 14.3 Å². The number of rotatable bonds is 6. The first kappa shape index (κ1) is 22.7. The summed E-state index contributed by atoms with van der Waals surface area (Å²) in [7, 11) is 0. The van der Waals surface area contributed by atoms with Gasteiger partial charge in [0.25, 0.3) is 0 Å². The van der Waals surface area contributed by atoms with Crippen molar-refractivity contribution in [3.8, 4) is 11.8 Å². The number of carbonyl (C=O) groups is 1. The van der Waals surface area contributed by atoms with Gasteiger partial charge < -0.3 is 9.47 Å². The Balaban J connectivity index is 2.34. The topological polar surface area (TPSA) is 99.8 Å². The Hall–Kier alpha value is -3.99. The van der Waals surface area contributed by atoms with Gasteiger partial charge in [-0.05, 0) is 64.4 Å². The average molecular weight is 434 g/mol. The van der Waals surface area contributed by atoms with Crippen LogP contribution in [0.2, 0.25) is 0 Å². The highest BCUT2D eigenvalue weighted by atomic mass is 16.6. The third kappa shape index (κ3) is 4.37. The van der Waals surface area contributed by atoms with Gasteiger partial charge in [-0.1, -0.05) is 6.08 Å². The van der Waals surface area contributed by atoms with E-state index in [9.17, 15) is 14.9 Å². The van der Waals surface area contributed by atoms with Crippen molar-refractivity contribution >= 4 is 23.1 Å². The highest BCUT2D eigenvalue weighted by Gasteiger charge is 2.31. The second kappa shape index (κ2) is 9.02. The number of aromatic nitrogens is 2. The number of nitrogens with zero attached hydrogens (tertiary/aromatic N) is 3. The van der Waals surface area contributed by atoms with Crippen LogP contribution in [0.3, 0.4) is 0 Å². The molecule has 166 valence electrons. The van der Waals surface area contributed by atoms with Crippen molar-refractivity contribution in [2.45, 2.75) is 39.7 Å². The number of fused-ring (bicyclic) bond motifs is 1. The number of allylic oxidation sites excluding steroid dienone is 1. The average Bonchev–Trinajstić information content (AvgIpc) is 3.20. The number of nitriles is 1. The summed E-state index contributed by atoms with van der Waals surface area (Å²) in [5, 5.41) is 12.6. The summed E-state index contributed by atoms with van der Waals surface area (Å²) in [6, 6.07) is 10.5. The van der Waals surface area contributed by atoms with E-state index in [2.05, 4.69) is 11.7 Å². The van der Waals surface area contributed by atoms with Crippen LogP contribution in [0.5, 0.6) is 5.75 Å².